The van der Waals surface area contributed by atoms with Crippen LogP contribution in [-0.4, -0.2) is 44.3 Å². The fraction of sp³-hybridized carbons (Fsp3) is 0.200. The molecule has 4 N–H and O–H groups in total. The van der Waals surface area contributed by atoms with E-state index in [9.17, 15) is 19.2 Å². The van der Waals surface area contributed by atoms with Crippen LogP contribution >= 0.6 is 0 Å². The monoisotopic (exact) mass is 260 g/mol. The van der Waals surface area contributed by atoms with Gasteiger partial charge in [-0.2, -0.15) is 0 Å². The van der Waals surface area contributed by atoms with E-state index in [4.69, 9.17) is 20.4 Å². The Morgan fingerprint density at radius 1 is 0.833 bits per heavy atom. The summed E-state index contributed by atoms with van der Waals surface area (Å²) in [6, 6.07) is 0. The molecule has 0 rings (SSSR count). The Morgan fingerprint density at radius 2 is 1.22 bits per heavy atom. The van der Waals surface area contributed by atoms with Crippen molar-refractivity contribution >= 4 is 23.9 Å². The molecule has 0 fully saturated rings. The summed E-state index contributed by atoms with van der Waals surface area (Å²) < 4.78 is 0. The highest BCUT2D eigenvalue weighted by molar-refractivity contribution is 5.94. The molecule has 8 nitrogen and oxygen atoms in total. The first-order valence-electron chi connectivity index (χ1n) is 4.51. The van der Waals surface area contributed by atoms with Crippen LogP contribution < -0.4 is 0 Å². The Kier molecular flexibility index (Phi) is 9.44. The van der Waals surface area contributed by atoms with Gasteiger partial charge in [0.15, 0.2) is 0 Å². The molecule has 0 bridgehead atoms. The van der Waals surface area contributed by atoms with Gasteiger partial charge in [-0.1, -0.05) is 6.92 Å². The van der Waals surface area contributed by atoms with E-state index in [0.717, 1.165) is 0 Å². The Hall–Kier alpha value is -2.64. The first kappa shape index (κ1) is 17.7. The van der Waals surface area contributed by atoms with Crippen molar-refractivity contribution in [3.05, 3.63) is 23.8 Å². The number of carboxylic acid groups (broad SMARTS) is 4. The van der Waals surface area contributed by atoms with Gasteiger partial charge in [0, 0.05) is 23.8 Å². The van der Waals surface area contributed by atoms with Crippen molar-refractivity contribution < 1.29 is 39.6 Å². The molecule has 0 amide bonds. The first-order chi connectivity index (χ1) is 8.20. The quantitative estimate of drug-likeness (QED) is 0.512. The standard InChI is InChI=1S/C6H8O4.C4H4O4/c1-2-4(6(9)10)3-5(7)8;5-3(6)1-2-4(7)8/h3H,2H2,1H3,(H,7,8)(H,9,10);1-2H,(H,5,6)(H,7,8)/b4-3-;2-1-. The highest BCUT2D eigenvalue weighted by atomic mass is 16.4. The van der Waals surface area contributed by atoms with Crippen LogP contribution in [-0.2, 0) is 19.2 Å². The molecule has 0 unspecified atom stereocenters. The van der Waals surface area contributed by atoms with Crippen molar-refractivity contribution in [3.63, 3.8) is 0 Å². The van der Waals surface area contributed by atoms with Gasteiger partial charge in [0.05, 0.1) is 0 Å². The lowest BCUT2D eigenvalue weighted by Gasteiger charge is -1.92. The number of hydrogen-bond acceptors (Lipinski definition) is 4. The Labute approximate surface area is 101 Å². The Bertz CT molecular complexity index is 375. The number of carbonyl (C=O) groups is 4. The third kappa shape index (κ3) is 13.4. The predicted molar refractivity (Wildman–Crippen MR) is 58.1 cm³/mol. The highest BCUT2D eigenvalue weighted by Gasteiger charge is 2.05. The van der Waals surface area contributed by atoms with Gasteiger partial charge in [0.2, 0.25) is 0 Å². The number of carboxylic acids is 4. The first-order valence-corrected chi connectivity index (χ1v) is 4.51. The molecule has 100 valence electrons. The van der Waals surface area contributed by atoms with Crippen LogP contribution in [0, 0.1) is 0 Å². The molecule has 0 aliphatic carbocycles. The lowest BCUT2D eigenvalue weighted by atomic mass is 10.2. The van der Waals surface area contributed by atoms with Crippen molar-refractivity contribution in [2.75, 3.05) is 0 Å². The molecule has 0 aliphatic heterocycles. The maximum absolute atomic E-state index is 10.1. The second-order valence-electron chi connectivity index (χ2n) is 2.68. The molecule has 18 heavy (non-hydrogen) atoms. The summed E-state index contributed by atoms with van der Waals surface area (Å²) in [5, 5.41) is 32.0. The zero-order valence-corrected chi connectivity index (χ0v) is 9.36. The predicted octanol–water partition coefficient (Wildman–Crippen LogP) is 0.204. The van der Waals surface area contributed by atoms with Crippen molar-refractivity contribution in [2.24, 2.45) is 0 Å². The zero-order chi connectivity index (χ0) is 14.7. The zero-order valence-electron chi connectivity index (χ0n) is 9.36. The average molecular weight is 260 g/mol. The van der Waals surface area contributed by atoms with Crippen LogP contribution in [0.2, 0.25) is 0 Å². The SMILES string of the molecule is CC/C(=C/C(=O)O)C(=O)O.O=C(O)/C=C\C(=O)O. The fourth-order valence-corrected chi connectivity index (χ4v) is 0.607. The Morgan fingerprint density at radius 3 is 1.33 bits per heavy atom. The van der Waals surface area contributed by atoms with Crippen molar-refractivity contribution in [1.82, 2.24) is 0 Å². The summed E-state index contributed by atoms with van der Waals surface area (Å²) in [7, 11) is 0. The molecular weight excluding hydrogens is 248 g/mol. The van der Waals surface area contributed by atoms with E-state index in [0.29, 0.717) is 18.2 Å². The fourth-order valence-electron chi connectivity index (χ4n) is 0.607. The average Bonchev–Trinajstić information content (AvgIpc) is 2.23. The summed E-state index contributed by atoms with van der Waals surface area (Å²) in [5.74, 6) is -4.91. The van der Waals surface area contributed by atoms with Gasteiger partial charge in [0.25, 0.3) is 0 Å². The molecule has 0 atom stereocenters. The molecule has 0 saturated heterocycles. The summed E-state index contributed by atoms with van der Waals surface area (Å²) >= 11 is 0. The van der Waals surface area contributed by atoms with Crippen LogP contribution in [0.25, 0.3) is 0 Å². The maximum atomic E-state index is 10.1. The van der Waals surface area contributed by atoms with Crippen molar-refractivity contribution in [1.29, 1.82) is 0 Å². The summed E-state index contributed by atoms with van der Waals surface area (Å²) in [6.07, 6.45) is 2.04. The van der Waals surface area contributed by atoms with Gasteiger partial charge in [-0.15, -0.1) is 0 Å². The smallest absolute Gasteiger partial charge is 0.331 e. The summed E-state index contributed by atoms with van der Waals surface area (Å²) in [5.41, 5.74) is -0.0903. The van der Waals surface area contributed by atoms with E-state index >= 15 is 0 Å². The summed E-state index contributed by atoms with van der Waals surface area (Å²) in [4.78, 5) is 39.2. The molecule has 8 heteroatoms. The molecular formula is C10H12O8. The van der Waals surface area contributed by atoms with E-state index in [1.165, 1.54) is 0 Å². The van der Waals surface area contributed by atoms with Crippen LogP contribution in [0.3, 0.4) is 0 Å². The third-order valence-corrected chi connectivity index (χ3v) is 1.32. The van der Waals surface area contributed by atoms with Gasteiger partial charge in [-0.05, 0) is 6.42 Å². The van der Waals surface area contributed by atoms with E-state index in [1.54, 1.807) is 6.92 Å². The number of rotatable bonds is 5. The largest absolute Gasteiger partial charge is 0.478 e. The van der Waals surface area contributed by atoms with E-state index < -0.39 is 23.9 Å². The molecule has 0 heterocycles. The number of aliphatic carboxylic acids is 4. The van der Waals surface area contributed by atoms with Crippen molar-refractivity contribution in [2.45, 2.75) is 13.3 Å². The summed E-state index contributed by atoms with van der Waals surface area (Å²) in [6.45, 7) is 1.59. The Balaban J connectivity index is 0. The van der Waals surface area contributed by atoms with Gasteiger partial charge in [-0.3, -0.25) is 0 Å². The second kappa shape index (κ2) is 9.58. The maximum Gasteiger partial charge on any atom is 0.331 e. The molecule has 0 saturated carbocycles. The van der Waals surface area contributed by atoms with Crippen LogP contribution in [0.15, 0.2) is 23.8 Å². The van der Waals surface area contributed by atoms with Gasteiger partial charge < -0.3 is 20.4 Å². The third-order valence-electron chi connectivity index (χ3n) is 1.32. The minimum absolute atomic E-state index is 0.0903. The van der Waals surface area contributed by atoms with E-state index in [2.05, 4.69) is 0 Å². The van der Waals surface area contributed by atoms with Gasteiger partial charge in [0.1, 0.15) is 0 Å². The van der Waals surface area contributed by atoms with E-state index in [-0.39, 0.29) is 12.0 Å². The molecule has 0 spiro atoms. The van der Waals surface area contributed by atoms with Crippen LogP contribution in [0.1, 0.15) is 13.3 Å². The minimum Gasteiger partial charge on any atom is -0.478 e. The minimum atomic E-state index is -1.26. The van der Waals surface area contributed by atoms with Crippen molar-refractivity contribution in [3.8, 4) is 0 Å². The molecule has 0 aromatic rings. The lowest BCUT2D eigenvalue weighted by molar-refractivity contribution is -0.135. The second-order valence-corrected chi connectivity index (χ2v) is 2.68. The number of hydrogen-bond donors (Lipinski definition) is 4. The topological polar surface area (TPSA) is 149 Å². The van der Waals surface area contributed by atoms with E-state index in [1.807, 2.05) is 0 Å². The van der Waals surface area contributed by atoms with Gasteiger partial charge >= 0.3 is 23.9 Å². The van der Waals surface area contributed by atoms with Gasteiger partial charge in [-0.25, -0.2) is 19.2 Å². The van der Waals surface area contributed by atoms with Crippen LogP contribution in [0.5, 0.6) is 0 Å². The molecule has 0 aliphatic rings. The molecule has 0 radical (unpaired) electrons. The normalized spacial score (nSPS) is 10.4. The molecule has 0 aromatic heterocycles. The highest BCUT2D eigenvalue weighted by Crippen LogP contribution is 1.98. The lowest BCUT2D eigenvalue weighted by Crippen LogP contribution is -2.02. The van der Waals surface area contributed by atoms with Crippen LogP contribution in [0.4, 0.5) is 0 Å². The molecule has 0 aromatic carbocycles.